The van der Waals surface area contributed by atoms with E-state index in [1.165, 1.54) is 11.3 Å². The van der Waals surface area contributed by atoms with Crippen molar-refractivity contribution in [2.75, 3.05) is 0 Å². The van der Waals surface area contributed by atoms with Crippen LogP contribution in [0.4, 0.5) is 0 Å². The standard InChI is InChI=1S/C8H7NO2S2.ClH/c9-3-4-6-5(1-2-12-6)13-7(4)8(10)11;/h1-2H,3,9H2,(H,10,11);1H. The zero-order valence-corrected chi connectivity index (χ0v) is 9.47. The van der Waals surface area contributed by atoms with Gasteiger partial charge in [0, 0.05) is 16.8 Å². The monoisotopic (exact) mass is 249 g/mol. The lowest BCUT2D eigenvalue weighted by Crippen LogP contribution is -2.02. The van der Waals surface area contributed by atoms with Crippen molar-refractivity contribution in [3.8, 4) is 0 Å². The highest BCUT2D eigenvalue weighted by atomic mass is 35.5. The summed E-state index contributed by atoms with van der Waals surface area (Å²) in [6.45, 7) is 0.294. The molecule has 76 valence electrons. The second kappa shape index (κ2) is 4.27. The number of carboxylic acids is 1. The third-order valence-corrected chi connectivity index (χ3v) is 4.08. The van der Waals surface area contributed by atoms with Crippen molar-refractivity contribution in [2.24, 2.45) is 5.73 Å². The first-order chi connectivity index (χ1) is 6.24. The Hall–Kier alpha value is -0.620. The second-order valence-corrected chi connectivity index (χ2v) is 4.50. The second-order valence-electron chi connectivity index (χ2n) is 2.53. The van der Waals surface area contributed by atoms with Crippen LogP contribution in [0.1, 0.15) is 15.2 Å². The Morgan fingerprint density at radius 2 is 2.29 bits per heavy atom. The van der Waals surface area contributed by atoms with Gasteiger partial charge in [0.25, 0.3) is 0 Å². The van der Waals surface area contributed by atoms with E-state index in [0.29, 0.717) is 11.4 Å². The number of aromatic carboxylic acids is 1. The maximum atomic E-state index is 10.8. The van der Waals surface area contributed by atoms with Crippen LogP contribution in [0.25, 0.3) is 9.40 Å². The summed E-state index contributed by atoms with van der Waals surface area (Å²) in [6, 6.07) is 1.93. The van der Waals surface area contributed by atoms with Crippen LogP contribution < -0.4 is 5.73 Å². The average molecular weight is 250 g/mol. The minimum atomic E-state index is -0.881. The third-order valence-electron chi connectivity index (χ3n) is 1.79. The highest BCUT2D eigenvalue weighted by molar-refractivity contribution is 7.28. The lowest BCUT2D eigenvalue weighted by Gasteiger charge is -1.93. The van der Waals surface area contributed by atoms with E-state index >= 15 is 0 Å². The van der Waals surface area contributed by atoms with Crippen LogP contribution in [0.5, 0.6) is 0 Å². The average Bonchev–Trinajstić information content (AvgIpc) is 2.60. The molecule has 0 saturated heterocycles. The number of hydrogen-bond acceptors (Lipinski definition) is 4. The van der Waals surface area contributed by atoms with E-state index in [1.807, 2.05) is 11.4 Å². The fourth-order valence-electron chi connectivity index (χ4n) is 1.23. The highest BCUT2D eigenvalue weighted by Gasteiger charge is 2.16. The van der Waals surface area contributed by atoms with Gasteiger partial charge in [0.05, 0.1) is 4.70 Å². The van der Waals surface area contributed by atoms with Crippen molar-refractivity contribution in [3.05, 3.63) is 21.9 Å². The van der Waals surface area contributed by atoms with E-state index in [9.17, 15) is 4.79 Å². The van der Waals surface area contributed by atoms with Gasteiger partial charge in [-0.1, -0.05) is 0 Å². The molecule has 2 aromatic rings. The molecule has 0 aliphatic heterocycles. The normalized spacial score (nSPS) is 10.1. The molecule has 2 rings (SSSR count). The van der Waals surface area contributed by atoms with Gasteiger partial charge in [-0.2, -0.15) is 0 Å². The fourth-order valence-corrected chi connectivity index (χ4v) is 3.47. The van der Waals surface area contributed by atoms with Gasteiger partial charge in [-0.25, -0.2) is 4.79 Å². The molecule has 0 saturated carbocycles. The Morgan fingerprint density at radius 1 is 1.57 bits per heavy atom. The van der Waals surface area contributed by atoms with Gasteiger partial charge in [0.2, 0.25) is 0 Å². The summed E-state index contributed by atoms with van der Waals surface area (Å²) in [6.07, 6.45) is 0. The molecule has 0 amide bonds. The minimum absolute atomic E-state index is 0. The van der Waals surface area contributed by atoms with Gasteiger partial charge >= 0.3 is 5.97 Å². The number of nitrogens with two attached hydrogens (primary N) is 1. The maximum absolute atomic E-state index is 10.8. The Bertz CT molecular complexity index is 463. The Balaban J connectivity index is 0.000000980. The SMILES string of the molecule is Cl.NCc1c(C(=O)O)sc2ccsc12. The van der Waals surface area contributed by atoms with Gasteiger partial charge in [-0.05, 0) is 11.4 Å². The number of fused-ring (bicyclic) bond motifs is 1. The van der Waals surface area contributed by atoms with Gasteiger partial charge < -0.3 is 10.8 Å². The lowest BCUT2D eigenvalue weighted by molar-refractivity contribution is 0.0701. The molecule has 2 heterocycles. The number of halogens is 1. The third kappa shape index (κ3) is 1.64. The number of thiophene rings is 2. The molecule has 0 fully saturated rings. The minimum Gasteiger partial charge on any atom is -0.477 e. The summed E-state index contributed by atoms with van der Waals surface area (Å²) in [7, 11) is 0. The Kier molecular flexibility index (Phi) is 3.49. The van der Waals surface area contributed by atoms with Crippen LogP contribution in [-0.2, 0) is 6.54 Å². The summed E-state index contributed by atoms with van der Waals surface area (Å²) >= 11 is 2.84. The molecule has 0 aliphatic carbocycles. The van der Waals surface area contributed by atoms with E-state index in [4.69, 9.17) is 10.8 Å². The van der Waals surface area contributed by atoms with Crippen molar-refractivity contribution in [1.29, 1.82) is 0 Å². The lowest BCUT2D eigenvalue weighted by atomic mass is 10.2. The first-order valence-corrected chi connectivity index (χ1v) is 5.36. The molecule has 3 nitrogen and oxygen atoms in total. The van der Waals surface area contributed by atoms with Crippen LogP contribution in [0.3, 0.4) is 0 Å². The quantitative estimate of drug-likeness (QED) is 0.860. The molecule has 2 aromatic heterocycles. The summed E-state index contributed by atoms with van der Waals surface area (Å²) in [5.74, 6) is -0.881. The molecule has 14 heavy (non-hydrogen) atoms. The van der Waals surface area contributed by atoms with Crippen molar-refractivity contribution in [2.45, 2.75) is 6.54 Å². The van der Waals surface area contributed by atoms with E-state index in [-0.39, 0.29) is 12.4 Å². The molecule has 6 heteroatoms. The molecule has 0 atom stereocenters. The largest absolute Gasteiger partial charge is 0.477 e. The number of rotatable bonds is 2. The van der Waals surface area contributed by atoms with Crippen LogP contribution in [0.2, 0.25) is 0 Å². The molecule has 0 aromatic carbocycles. The van der Waals surface area contributed by atoms with Gasteiger partial charge in [-0.15, -0.1) is 35.1 Å². The summed E-state index contributed by atoms with van der Waals surface area (Å²) in [5, 5.41) is 10.8. The zero-order chi connectivity index (χ0) is 9.42. The van der Waals surface area contributed by atoms with Crippen LogP contribution in [0.15, 0.2) is 11.4 Å². The van der Waals surface area contributed by atoms with Gasteiger partial charge in [0.1, 0.15) is 4.88 Å². The van der Waals surface area contributed by atoms with E-state index < -0.39 is 5.97 Å². The van der Waals surface area contributed by atoms with E-state index in [0.717, 1.165) is 15.0 Å². The topological polar surface area (TPSA) is 63.3 Å². The van der Waals surface area contributed by atoms with Gasteiger partial charge in [-0.3, -0.25) is 0 Å². The Labute approximate surface area is 94.6 Å². The van der Waals surface area contributed by atoms with Crippen molar-refractivity contribution < 1.29 is 9.90 Å². The van der Waals surface area contributed by atoms with Crippen LogP contribution >= 0.6 is 35.1 Å². The van der Waals surface area contributed by atoms with Crippen LogP contribution in [-0.4, -0.2) is 11.1 Å². The molecule has 0 bridgehead atoms. The van der Waals surface area contributed by atoms with Crippen molar-refractivity contribution in [3.63, 3.8) is 0 Å². The first kappa shape index (κ1) is 11.5. The smallest absolute Gasteiger partial charge is 0.346 e. The molecule has 0 radical (unpaired) electrons. The molecule has 0 aliphatic rings. The summed E-state index contributed by atoms with van der Waals surface area (Å²) in [4.78, 5) is 11.2. The molecule has 3 N–H and O–H groups in total. The van der Waals surface area contributed by atoms with Crippen molar-refractivity contribution >= 4 is 50.4 Å². The fraction of sp³-hybridized carbons (Fsp3) is 0.125. The van der Waals surface area contributed by atoms with Gasteiger partial charge in [0.15, 0.2) is 0 Å². The molecular formula is C8H8ClNO2S2. The van der Waals surface area contributed by atoms with Crippen LogP contribution in [0, 0.1) is 0 Å². The number of carbonyl (C=O) groups is 1. The molecule has 0 unspecified atom stereocenters. The first-order valence-electron chi connectivity index (χ1n) is 3.66. The molecule has 0 spiro atoms. The number of hydrogen-bond donors (Lipinski definition) is 2. The summed E-state index contributed by atoms with van der Waals surface area (Å²) < 4.78 is 2.03. The molecular weight excluding hydrogens is 242 g/mol. The van der Waals surface area contributed by atoms with E-state index in [1.54, 1.807) is 11.3 Å². The van der Waals surface area contributed by atoms with Crippen molar-refractivity contribution in [1.82, 2.24) is 0 Å². The Morgan fingerprint density at radius 3 is 2.86 bits per heavy atom. The number of carboxylic acid groups (broad SMARTS) is 1. The predicted molar refractivity (Wildman–Crippen MR) is 61.8 cm³/mol. The van der Waals surface area contributed by atoms with E-state index in [2.05, 4.69) is 0 Å². The zero-order valence-electron chi connectivity index (χ0n) is 7.02. The maximum Gasteiger partial charge on any atom is 0.346 e. The summed E-state index contributed by atoms with van der Waals surface area (Å²) in [5.41, 5.74) is 6.27. The highest BCUT2D eigenvalue weighted by Crippen LogP contribution is 2.34. The predicted octanol–water partition coefficient (Wildman–Crippen LogP) is 2.54.